The molecule has 0 spiro atoms. The van der Waals surface area contributed by atoms with Gasteiger partial charge in [0.15, 0.2) is 0 Å². The number of aryl methyl sites for hydroxylation is 2. The zero-order valence-electron chi connectivity index (χ0n) is 12.9. The first-order chi connectivity index (χ1) is 10.5. The molecule has 0 radical (unpaired) electrons. The molecule has 0 fully saturated rings. The summed E-state index contributed by atoms with van der Waals surface area (Å²) in [6, 6.07) is 9.47. The Labute approximate surface area is 129 Å². The molecule has 22 heavy (non-hydrogen) atoms. The smallest absolute Gasteiger partial charge is 0.244 e. The summed E-state index contributed by atoms with van der Waals surface area (Å²) >= 11 is 0. The number of carbonyl (C=O) groups excluding carboxylic acids is 1. The fraction of sp³-hybridized carbons (Fsp3) is 0.438. The number of nitrogens with zero attached hydrogens (tertiary/aromatic N) is 3. The normalized spacial score (nSPS) is 20.0. The van der Waals surface area contributed by atoms with Gasteiger partial charge < -0.3 is 11.1 Å². The molecular formula is C16H21N5O. The Morgan fingerprint density at radius 2 is 2.14 bits per heavy atom. The van der Waals surface area contributed by atoms with Crippen molar-refractivity contribution >= 4 is 5.91 Å². The van der Waals surface area contributed by atoms with Crippen LogP contribution in [0.5, 0.6) is 0 Å². The van der Waals surface area contributed by atoms with E-state index in [2.05, 4.69) is 15.4 Å². The molecule has 3 N–H and O–H groups in total. The van der Waals surface area contributed by atoms with Crippen LogP contribution in [-0.2, 0) is 23.3 Å². The molecule has 1 aromatic carbocycles. The quantitative estimate of drug-likeness (QED) is 0.881. The second-order valence-electron chi connectivity index (χ2n) is 6.03. The Balaban J connectivity index is 1.70. The maximum atomic E-state index is 12.6. The summed E-state index contributed by atoms with van der Waals surface area (Å²) in [5.41, 5.74) is 6.01. The number of rotatable bonds is 3. The standard InChI is InChI=1S/C16H21N5O/c1-11-18-14-9-8-13(10-21(14)20-11)19-15(22)16(2,17)12-6-4-3-5-7-12/h3-7,13H,8-10,17H2,1-2H3,(H,19,22). The van der Waals surface area contributed by atoms with E-state index in [1.807, 2.05) is 41.9 Å². The van der Waals surface area contributed by atoms with Crippen LogP contribution >= 0.6 is 0 Å². The van der Waals surface area contributed by atoms with Crippen LogP contribution < -0.4 is 11.1 Å². The minimum atomic E-state index is -1.04. The highest BCUT2D eigenvalue weighted by atomic mass is 16.2. The van der Waals surface area contributed by atoms with Gasteiger partial charge in [-0.2, -0.15) is 5.10 Å². The van der Waals surface area contributed by atoms with E-state index in [9.17, 15) is 4.79 Å². The van der Waals surface area contributed by atoms with E-state index in [0.717, 1.165) is 30.1 Å². The average Bonchev–Trinajstić information content (AvgIpc) is 2.87. The third-order valence-corrected chi connectivity index (χ3v) is 4.14. The molecule has 2 aromatic rings. The summed E-state index contributed by atoms with van der Waals surface area (Å²) in [5.74, 6) is 1.60. The molecule has 2 heterocycles. The van der Waals surface area contributed by atoms with E-state index in [1.54, 1.807) is 6.92 Å². The van der Waals surface area contributed by atoms with Crippen LogP contribution in [0.15, 0.2) is 30.3 Å². The van der Waals surface area contributed by atoms with Gasteiger partial charge in [0.05, 0.1) is 6.54 Å². The lowest BCUT2D eigenvalue weighted by Gasteiger charge is -2.29. The number of benzene rings is 1. The number of fused-ring (bicyclic) bond motifs is 1. The monoisotopic (exact) mass is 299 g/mol. The van der Waals surface area contributed by atoms with Crippen LogP contribution in [0.4, 0.5) is 0 Å². The molecule has 2 unspecified atom stereocenters. The highest BCUT2D eigenvalue weighted by Crippen LogP contribution is 2.19. The molecule has 1 aromatic heterocycles. The van der Waals surface area contributed by atoms with Gasteiger partial charge in [-0.1, -0.05) is 30.3 Å². The number of nitrogens with two attached hydrogens (primary N) is 1. The summed E-state index contributed by atoms with van der Waals surface area (Å²) < 4.78 is 1.88. The van der Waals surface area contributed by atoms with Crippen molar-refractivity contribution in [2.45, 2.75) is 44.8 Å². The number of aromatic nitrogens is 3. The Morgan fingerprint density at radius 1 is 1.41 bits per heavy atom. The maximum absolute atomic E-state index is 12.6. The highest BCUT2D eigenvalue weighted by Gasteiger charge is 2.33. The lowest BCUT2D eigenvalue weighted by atomic mass is 9.91. The number of carbonyl (C=O) groups is 1. The summed E-state index contributed by atoms with van der Waals surface area (Å²) in [6.45, 7) is 4.27. The predicted molar refractivity (Wildman–Crippen MR) is 83.0 cm³/mol. The van der Waals surface area contributed by atoms with Gasteiger partial charge in [-0.25, -0.2) is 9.67 Å². The van der Waals surface area contributed by atoms with Crippen molar-refractivity contribution < 1.29 is 4.79 Å². The van der Waals surface area contributed by atoms with Gasteiger partial charge in [0.2, 0.25) is 5.91 Å². The van der Waals surface area contributed by atoms with Gasteiger partial charge in [0.25, 0.3) is 0 Å². The van der Waals surface area contributed by atoms with E-state index in [0.29, 0.717) is 6.54 Å². The third kappa shape index (κ3) is 2.74. The van der Waals surface area contributed by atoms with Gasteiger partial charge >= 0.3 is 0 Å². The summed E-state index contributed by atoms with van der Waals surface area (Å²) in [7, 11) is 0. The summed E-state index contributed by atoms with van der Waals surface area (Å²) in [4.78, 5) is 16.9. The van der Waals surface area contributed by atoms with Gasteiger partial charge in [-0.15, -0.1) is 0 Å². The van der Waals surface area contributed by atoms with Gasteiger partial charge in [0, 0.05) is 12.5 Å². The van der Waals surface area contributed by atoms with Crippen LogP contribution in [0.25, 0.3) is 0 Å². The molecule has 0 saturated carbocycles. The number of nitrogens with one attached hydrogen (secondary N) is 1. The second kappa shape index (κ2) is 5.53. The molecule has 6 nitrogen and oxygen atoms in total. The molecule has 0 aliphatic carbocycles. The van der Waals surface area contributed by atoms with Crippen LogP contribution in [0, 0.1) is 6.92 Å². The molecule has 0 bridgehead atoms. The lowest BCUT2D eigenvalue weighted by Crippen LogP contribution is -2.53. The molecular weight excluding hydrogens is 278 g/mol. The predicted octanol–water partition coefficient (Wildman–Crippen LogP) is 0.892. The first-order valence-electron chi connectivity index (χ1n) is 7.52. The van der Waals surface area contributed by atoms with E-state index in [-0.39, 0.29) is 11.9 Å². The van der Waals surface area contributed by atoms with Gasteiger partial charge in [-0.05, 0) is 25.8 Å². The van der Waals surface area contributed by atoms with Crippen molar-refractivity contribution in [3.63, 3.8) is 0 Å². The molecule has 116 valence electrons. The largest absolute Gasteiger partial charge is 0.350 e. The van der Waals surface area contributed by atoms with Crippen LogP contribution in [-0.4, -0.2) is 26.7 Å². The van der Waals surface area contributed by atoms with Crippen molar-refractivity contribution in [3.8, 4) is 0 Å². The van der Waals surface area contributed by atoms with Crippen LogP contribution in [0.3, 0.4) is 0 Å². The molecule has 1 aliphatic rings. The zero-order valence-corrected chi connectivity index (χ0v) is 12.9. The van der Waals surface area contributed by atoms with E-state index >= 15 is 0 Å². The topological polar surface area (TPSA) is 85.8 Å². The molecule has 3 rings (SSSR count). The van der Waals surface area contributed by atoms with Gasteiger partial charge in [0.1, 0.15) is 17.2 Å². The zero-order chi connectivity index (χ0) is 15.7. The van der Waals surface area contributed by atoms with E-state index in [1.165, 1.54) is 0 Å². The van der Waals surface area contributed by atoms with Crippen molar-refractivity contribution in [2.24, 2.45) is 5.73 Å². The Morgan fingerprint density at radius 3 is 2.86 bits per heavy atom. The van der Waals surface area contributed by atoms with Crippen LogP contribution in [0.2, 0.25) is 0 Å². The minimum Gasteiger partial charge on any atom is -0.350 e. The fourth-order valence-electron chi connectivity index (χ4n) is 2.80. The maximum Gasteiger partial charge on any atom is 0.244 e. The Bertz CT molecular complexity index is 677. The van der Waals surface area contributed by atoms with Crippen molar-refractivity contribution in [1.29, 1.82) is 0 Å². The number of hydrogen-bond acceptors (Lipinski definition) is 4. The molecule has 2 atom stereocenters. The highest BCUT2D eigenvalue weighted by molar-refractivity contribution is 5.87. The third-order valence-electron chi connectivity index (χ3n) is 4.14. The molecule has 6 heteroatoms. The minimum absolute atomic E-state index is 0.0349. The lowest BCUT2D eigenvalue weighted by molar-refractivity contribution is -0.127. The second-order valence-corrected chi connectivity index (χ2v) is 6.03. The SMILES string of the molecule is Cc1nc2n(n1)CC(NC(=O)C(C)(N)c1ccccc1)CC2. The van der Waals surface area contributed by atoms with E-state index in [4.69, 9.17) is 5.73 Å². The first kappa shape index (κ1) is 14.7. The Kier molecular flexibility index (Phi) is 3.70. The first-order valence-corrected chi connectivity index (χ1v) is 7.52. The number of amides is 1. The van der Waals surface area contributed by atoms with Crippen molar-refractivity contribution in [2.75, 3.05) is 0 Å². The van der Waals surface area contributed by atoms with Crippen LogP contribution in [0.1, 0.15) is 30.6 Å². The molecule has 1 amide bonds. The molecule has 1 aliphatic heterocycles. The average molecular weight is 299 g/mol. The molecule has 0 saturated heterocycles. The van der Waals surface area contributed by atoms with E-state index < -0.39 is 5.54 Å². The summed E-state index contributed by atoms with van der Waals surface area (Å²) in [6.07, 6.45) is 1.67. The van der Waals surface area contributed by atoms with Crippen molar-refractivity contribution in [3.05, 3.63) is 47.5 Å². The summed E-state index contributed by atoms with van der Waals surface area (Å²) in [5, 5.41) is 7.41. The Hall–Kier alpha value is -2.21. The fourth-order valence-corrected chi connectivity index (χ4v) is 2.80. The number of hydrogen-bond donors (Lipinski definition) is 2. The van der Waals surface area contributed by atoms with Crippen molar-refractivity contribution in [1.82, 2.24) is 20.1 Å². The van der Waals surface area contributed by atoms with Gasteiger partial charge in [-0.3, -0.25) is 4.79 Å².